The lowest BCUT2D eigenvalue weighted by atomic mass is 10.1. The Morgan fingerprint density at radius 2 is 2.13 bits per heavy atom. The summed E-state index contributed by atoms with van der Waals surface area (Å²) < 4.78 is 22.6. The van der Waals surface area contributed by atoms with E-state index in [9.17, 15) is 8.42 Å². The van der Waals surface area contributed by atoms with Crippen LogP contribution in [0.4, 0.5) is 0 Å². The maximum Gasteiger partial charge on any atom is 0.192 e. The third-order valence-corrected chi connectivity index (χ3v) is 3.20. The number of pyridine rings is 1. The Balaban J connectivity index is 3.29. The van der Waals surface area contributed by atoms with Crippen molar-refractivity contribution in [2.24, 2.45) is 5.73 Å². The molecule has 0 aliphatic carbocycles. The van der Waals surface area contributed by atoms with E-state index < -0.39 is 9.84 Å². The summed E-state index contributed by atoms with van der Waals surface area (Å²) in [4.78, 5) is 3.74. The summed E-state index contributed by atoms with van der Waals surface area (Å²) in [6.07, 6.45) is 1.80. The molecule has 0 fully saturated rings. The van der Waals surface area contributed by atoms with E-state index in [2.05, 4.69) is 4.98 Å². The van der Waals surface area contributed by atoms with Crippen molar-refractivity contribution in [3.63, 3.8) is 0 Å². The molecule has 0 aliphatic heterocycles. The maximum atomic E-state index is 11.3. The average Bonchev–Trinajstić information content (AvgIpc) is 2.14. The molecule has 1 rings (SSSR count). The first-order valence-corrected chi connectivity index (χ1v) is 6.74. The van der Waals surface area contributed by atoms with E-state index in [1.807, 2.05) is 6.92 Å². The average molecular weight is 249 g/mol. The molecule has 0 saturated carbocycles. The van der Waals surface area contributed by atoms with E-state index >= 15 is 0 Å². The van der Waals surface area contributed by atoms with Crippen LogP contribution in [-0.4, -0.2) is 19.7 Å². The maximum absolute atomic E-state index is 11.3. The summed E-state index contributed by atoms with van der Waals surface area (Å²) in [7, 11) is -3.34. The minimum absolute atomic E-state index is 0.0334. The number of aromatic nitrogens is 1. The lowest BCUT2D eigenvalue weighted by Gasteiger charge is -2.10. The van der Waals surface area contributed by atoms with Crippen molar-refractivity contribution in [2.45, 2.75) is 24.4 Å². The SMILES string of the molecule is CCC(N)c1cc(Cl)nc(S(C)(=O)=O)c1. The molecule has 1 aromatic heterocycles. The van der Waals surface area contributed by atoms with E-state index in [1.54, 1.807) is 6.07 Å². The quantitative estimate of drug-likeness (QED) is 0.824. The second-order valence-corrected chi connectivity index (χ2v) is 5.70. The third kappa shape index (κ3) is 3.15. The van der Waals surface area contributed by atoms with Crippen LogP contribution in [0.1, 0.15) is 24.9 Å². The zero-order chi connectivity index (χ0) is 11.6. The number of nitrogens with zero attached hydrogens (tertiary/aromatic N) is 1. The highest BCUT2D eigenvalue weighted by atomic mass is 35.5. The standard InChI is InChI=1S/C9H13ClN2O2S/c1-3-7(11)6-4-8(10)12-9(5-6)15(2,13)14/h4-5,7H,3,11H2,1-2H3. The van der Waals surface area contributed by atoms with E-state index in [1.165, 1.54) is 6.07 Å². The normalized spacial score (nSPS) is 13.9. The van der Waals surface area contributed by atoms with Gasteiger partial charge in [-0.1, -0.05) is 18.5 Å². The summed E-state index contributed by atoms with van der Waals surface area (Å²) in [5.41, 5.74) is 6.49. The van der Waals surface area contributed by atoms with Crippen LogP contribution in [0.2, 0.25) is 5.15 Å². The van der Waals surface area contributed by atoms with Crippen LogP contribution in [0.25, 0.3) is 0 Å². The Labute approximate surface area is 94.4 Å². The first-order valence-electron chi connectivity index (χ1n) is 4.47. The topological polar surface area (TPSA) is 73.0 Å². The molecule has 2 N–H and O–H groups in total. The van der Waals surface area contributed by atoms with E-state index in [0.29, 0.717) is 12.0 Å². The molecule has 1 atom stereocenters. The van der Waals surface area contributed by atoms with Gasteiger partial charge < -0.3 is 5.73 Å². The number of nitrogens with two attached hydrogens (primary N) is 1. The van der Waals surface area contributed by atoms with Gasteiger partial charge in [-0.3, -0.25) is 0 Å². The fraction of sp³-hybridized carbons (Fsp3) is 0.444. The Morgan fingerprint density at radius 1 is 1.53 bits per heavy atom. The summed E-state index contributed by atoms with van der Waals surface area (Å²) in [5.74, 6) is 0. The zero-order valence-electron chi connectivity index (χ0n) is 8.57. The third-order valence-electron chi connectivity index (χ3n) is 2.04. The molecule has 4 nitrogen and oxygen atoms in total. The van der Waals surface area contributed by atoms with Crippen LogP contribution in [-0.2, 0) is 9.84 Å². The monoisotopic (exact) mass is 248 g/mol. The molecule has 6 heteroatoms. The van der Waals surface area contributed by atoms with Gasteiger partial charge in [0.05, 0.1) is 0 Å². The molecule has 15 heavy (non-hydrogen) atoms. The largest absolute Gasteiger partial charge is 0.324 e. The molecular formula is C9H13ClN2O2S. The van der Waals surface area contributed by atoms with Crippen molar-refractivity contribution < 1.29 is 8.42 Å². The van der Waals surface area contributed by atoms with Crippen LogP contribution in [0.15, 0.2) is 17.2 Å². The van der Waals surface area contributed by atoms with Crippen LogP contribution in [0.3, 0.4) is 0 Å². The van der Waals surface area contributed by atoms with Gasteiger partial charge in [-0.2, -0.15) is 0 Å². The fourth-order valence-corrected chi connectivity index (χ4v) is 2.01. The highest BCUT2D eigenvalue weighted by Crippen LogP contribution is 2.20. The van der Waals surface area contributed by atoms with Gasteiger partial charge in [-0.25, -0.2) is 13.4 Å². The van der Waals surface area contributed by atoms with Gasteiger partial charge in [0.1, 0.15) is 5.15 Å². The molecule has 1 heterocycles. The number of hydrogen-bond donors (Lipinski definition) is 1. The van der Waals surface area contributed by atoms with Gasteiger partial charge in [0.25, 0.3) is 0 Å². The molecule has 1 unspecified atom stereocenters. The van der Waals surface area contributed by atoms with Crippen LogP contribution < -0.4 is 5.73 Å². The second-order valence-electron chi connectivity index (χ2n) is 3.35. The summed E-state index contributed by atoms with van der Waals surface area (Å²) >= 11 is 5.73. The molecule has 84 valence electrons. The minimum atomic E-state index is -3.34. The van der Waals surface area contributed by atoms with Crippen LogP contribution >= 0.6 is 11.6 Å². The predicted octanol–water partition coefficient (Wildman–Crippen LogP) is 1.55. The first-order chi connectivity index (χ1) is 6.84. The van der Waals surface area contributed by atoms with Gasteiger partial charge in [0.15, 0.2) is 14.9 Å². The van der Waals surface area contributed by atoms with Crippen molar-refractivity contribution in [1.29, 1.82) is 0 Å². The molecule has 0 aromatic carbocycles. The summed E-state index contributed by atoms with van der Waals surface area (Å²) in [5, 5.41) is 0.116. The number of rotatable bonds is 3. The highest BCUT2D eigenvalue weighted by molar-refractivity contribution is 7.90. The second kappa shape index (κ2) is 4.47. The molecule has 0 spiro atoms. The highest BCUT2D eigenvalue weighted by Gasteiger charge is 2.13. The minimum Gasteiger partial charge on any atom is -0.324 e. The van der Waals surface area contributed by atoms with Gasteiger partial charge in [-0.15, -0.1) is 0 Å². The van der Waals surface area contributed by atoms with Crippen molar-refractivity contribution >= 4 is 21.4 Å². The lowest BCUT2D eigenvalue weighted by Crippen LogP contribution is -2.11. The Morgan fingerprint density at radius 3 is 2.60 bits per heavy atom. The summed E-state index contributed by atoms with van der Waals surface area (Å²) in [6, 6.07) is 2.84. The first kappa shape index (κ1) is 12.4. The van der Waals surface area contributed by atoms with E-state index in [-0.39, 0.29) is 16.2 Å². The van der Waals surface area contributed by atoms with Crippen LogP contribution in [0, 0.1) is 0 Å². The smallest absolute Gasteiger partial charge is 0.192 e. The molecule has 0 radical (unpaired) electrons. The Hall–Kier alpha value is -0.650. The van der Waals surface area contributed by atoms with Crippen LogP contribution in [0.5, 0.6) is 0 Å². The van der Waals surface area contributed by atoms with Gasteiger partial charge in [0, 0.05) is 12.3 Å². The lowest BCUT2D eigenvalue weighted by molar-refractivity contribution is 0.597. The predicted molar refractivity (Wildman–Crippen MR) is 59.6 cm³/mol. The van der Waals surface area contributed by atoms with Crippen molar-refractivity contribution in [2.75, 3.05) is 6.26 Å². The molecule has 0 aliphatic rings. The molecule has 0 saturated heterocycles. The summed E-state index contributed by atoms with van der Waals surface area (Å²) in [6.45, 7) is 1.92. The van der Waals surface area contributed by atoms with Crippen molar-refractivity contribution in [3.05, 3.63) is 22.8 Å². The Bertz CT molecular complexity index is 459. The van der Waals surface area contributed by atoms with E-state index in [0.717, 1.165) is 6.26 Å². The molecule has 0 bridgehead atoms. The van der Waals surface area contributed by atoms with Gasteiger partial charge in [-0.05, 0) is 24.1 Å². The number of hydrogen-bond acceptors (Lipinski definition) is 4. The molecule has 1 aromatic rings. The fourth-order valence-electron chi connectivity index (χ4n) is 1.13. The Kier molecular flexibility index (Phi) is 3.70. The zero-order valence-corrected chi connectivity index (χ0v) is 10.1. The van der Waals surface area contributed by atoms with Gasteiger partial charge >= 0.3 is 0 Å². The molecular weight excluding hydrogens is 236 g/mol. The molecule has 0 amide bonds. The van der Waals surface area contributed by atoms with Gasteiger partial charge in [0.2, 0.25) is 0 Å². The van der Waals surface area contributed by atoms with Crippen molar-refractivity contribution in [1.82, 2.24) is 4.98 Å². The van der Waals surface area contributed by atoms with E-state index in [4.69, 9.17) is 17.3 Å². The van der Waals surface area contributed by atoms with Crippen molar-refractivity contribution in [3.8, 4) is 0 Å². The number of halogens is 1. The number of sulfone groups is 1.